The Kier molecular flexibility index (Phi) is 4.27. The predicted octanol–water partition coefficient (Wildman–Crippen LogP) is 4.57. The minimum absolute atomic E-state index is 0.459. The molecule has 1 amide bonds. The Labute approximate surface area is 164 Å². The van der Waals surface area contributed by atoms with E-state index >= 15 is 0 Å². The van der Waals surface area contributed by atoms with E-state index in [9.17, 15) is 9.59 Å². The van der Waals surface area contributed by atoms with Gasteiger partial charge in [-0.05, 0) is 48.6 Å². The fourth-order valence-electron chi connectivity index (χ4n) is 5.24. The van der Waals surface area contributed by atoms with Crippen LogP contribution in [0.25, 0.3) is 22.2 Å². The summed E-state index contributed by atoms with van der Waals surface area (Å²) in [7, 11) is 0. The van der Waals surface area contributed by atoms with Crippen LogP contribution in [-0.4, -0.2) is 23.2 Å². The van der Waals surface area contributed by atoms with Gasteiger partial charge in [0.05, 0.1) is 11.3 Å². The predicted molar refractivity (Wildman–Crippen MR) is 110 cm³/mol. The molecule has 142 valence electrons. The molecule has 2 aromatic carbocycles. The average molecular weight is 372 g/mol. The van der Waals surface area contributed by atoms with E-state index in [0.29, 0.717) is 23.7 Å². The van der Waals surface area contributed by atoms with Gasteiger partial charge in [0.2, 0.25) is 0 Å². The lowest BCUT2D eigenvalue weighted by Gasteiger charge is -2.21. The Hall–Kier alpha value is -2.88. The molecule has 2 aliphatic rings. The Bertz CT molecular complexity index is 1040. The number of fused-ring (bicyclic) bond motifs is 3. The lowest BCUT2D eigenvalue weighted by molar-refractivity contribution is -0.117. The Morgan fingerprint density at radius 1 is 0.964 bits per heavy atom. The standard InChI is InChI=1S/C24H24N2O2/c27-23(24(28)25-14-18-13-15-10-11-17(18)12-15)21-19-8-4-5-9-20(19)26-22(21)16-6-2-1-3-7-16/h1-9,15,17-18,26H,10-14H2,(H,25,28)/t15-,17+,18-/m0/s1. The van der Waals surface area contributed by atoms with Gasteiger partial charge in [-0.1, -0.05) is 55.0 Å². The van der Waals surface area contributed by atoms with Crippen LogP contribution in [0.2, 0.25) is 0 Å². The molecule has 28 heavy (non-hydrogen) atoms. The van der Waals surface area contributed by atoms with Crippen LogP contribution >= 0.6 is 0 Å². The van der Waals surface area contributed by atoms with Crippen molar-refractivity contribution in [2.45, 2.75) is 25.7 Å². The van der Waals surface area contributed by atoms with Crippen molar-refractivity contribution >= 4 is 22.6 Å². The van der Waals surface area contributed by atoms with Crippen LogP contribution in [-0.2, 0) is 4.79 Å². The van der Waals surface area contributed by atoms with Gasteiger partial charge in [-0.25, -0.2) is 0 Å². The molecule has 3 atom stereocenters. The molecule has 5 rings (SSSR count). The second kappa shape index (κ2) is 6.93. The van der Waals surface area contributed by atoms with Crippen LogP contribution in [0.3, 0.4) is 0 Å². The van der Waals surface area contributed by atoms with Crippen molar-refractivity contribution in [3.8, 4) is 11.3 Å². The highest BCUT2D eigenvalue weighted by Crippen LogP contribution is 2.47. The molecule has 2 saturated carbocycles. The largest absolute Gasteiger partial charge is 0.354 e. The normalized spacial score (nSPS) is 23.2. The highest BCUT2D eigenvalue weighted by Gasteiger charge is 2.39. The molecule has 3 aromatic rings. The van der Waals surface area contributed by atoms with Gasteiger partial charge in [-0.3, -0.25) is 9.59 Å². The van der Waals surface area contributed by atoms with Crippen molar-refractivity contribution in [2.75, 3.05) is 6.54 Å². The first kappa shape index (κ1) is 17.2. The molecule has 2 aliphatic carbocycles. The van der Waals surface area contributed by atoms with Crippen molar-refractivity contribution in [3.05, 3.63) is 60.2 Å². The van der Waals surface area contributed by atoms with E-state index in [-0.39, 0.29) is 0 Å². The molecular weight excluding hydrogens is 348 g/mol. The molecule has 0 saturated heterocycles. The summed E-state index contributed by atoms with van der Waals surface area (Å²) >= 11 is 0. The van der Waals surface area contributed by atoms with Crippen molar-refractivity contribution in [2.24, 2.45) is 17.8 Å². The van der Waals surface area contributed by atoms with Crippen LogP contribution in [0.5, 0.6) is 0 Å². The van der Waals surface area contributed by atoms with Gasteiger partial charge in [0.1, 0.15) is 0 Å². The fraction of sp³-hybridized carbons (Fsp3) is 0.333. The summed E-state index contributed by atoms with van der Waals surface area (Å²) < 4.78 is 0. The number of para-hydroxylation sites is 1. The molecule has 0 radical (unpaired) electrons. The molecule has 2 bridgehead atoms. The average Bonchev–Trinajstić information content (AvgIpc) is 3.45. The third kappa shape index (κ3) is 2.93. The van der Waals surface area contributed by atoms with E-state index < -0.39 is 11.7 Å². The van der Waals surface area contributed by atoms with Gasteiger partial charge in [0, 0.05) is 17.4 Å². The summed E-state index contributed by atoms with van der Waals surface area (Å²) in [5.74, 6) is 1.14. The van der Waals surface area contributed by atoms with Gasteiger partial charge in [-0.2, -0.15) is 0 Å². The number of aromatic amines is 1. The lowest BCUT2D eigenvalue weighted by atomic mass is 9.89. The monoisotopic (exact) mass is 372 g/mol. The van der Waals surface area contributed by atoms with Gasteiger partial charge in [0.25, 0.3) is 11.7 Å². The van der Waals surface area contributed by atoms with Gasteiger partial charge >= 0.3 is 0 Å². The Balaban J connectivity index is 1.42. The van der Waals surface area contributed by atoms with Crippen LogP contribution in [0, 0.1) is 17.8 Å². The number of amides is 1. The number of hydrogen-bond acceptors (Lipinski definition) is 2. The molecule has 0 aliphatic heterocycles. The zero-order chi connectivity index (χ0) is 19.1. The molecule has 4 nitrogen and oxygen atoms in total. The van der Waals surface area contributed by atoms with E-state index in [0.717, 1.165) is 28.3 Å². The molecule has 1 aromatic heterocycles. The number of carbonyl (C=O) groups excluding carboxylic acids is 2. The van der Waals surface area contributed by atoms with Crippen LogP contribution in [0.15, 0.2) is 54.6 Å². The van der Waals surface area contributed by atoms with Gasteiger partial charge in [-0.15, -0.1) is 0 Å². The molecule has 2 N–H and O–H groups in total. The summed E-state index contributed by atoms with van der Waals surface area (Å²) in [6.07, 6.45) is 5.11. The first-order valence-electron chi connectivity index (χ1n) is 10.2. The summed E-state index contributed by atoms with van der Waals surface area (Å²) in [6, 6.07) is 17.4. The number of benzene rings is 2. The van der Waals surface area contributed by atoms with Gasteiger partial charge in [0.15, 0.2) is 0 Å². The second-order valence-corrected chi connectivity index (χ2v) is 8.26. The van der Waals surface area contributed by atoms with Crippen molar-refractivity contribution in [1.29, 1.82) is 0 Å². The number of Topliss-reactive ketones (excluding diaryl/α,β-unsaturated/α-hetero) is 1. The van der Waals surface area contributed by atoms with Gasteiger partial charge < -0.3 is 10.3 Å². The van der Waals surface area contributed by atoms with E-state index in [2.05, 4.69) is 10.3 Å². The van der Waals surface area contributed by atoms with Crippen molar-refractivity contribution < 1.29 is 9.59 Å². The Morgan fingerprint density at radius 2 is 1.75 bits per heavy atom. The molecule has 2 fully saturated rings. The van der Waals surface area contributed by atoms with Crippen molar-refractivity contribution in [3.63, 3.8) is 0 Å². The molecule has 1 heterocycles. The Morgan fingerprint density at radius 3 is 2.50 bits per heavy atom. The van der Waals surface area contributed by atoms with E-state index in [4.69, 9.17) is 0 Å². The maximum absolute atomic E-state index is 13.1. The van der Waals surface area contributed by atoms with E-state index in [1.54, 1.807) is 0 Å². The quantitative estimate of drug-likeness (QED) is 0.509. The second-order valence-electron chi connectivity index (χ2n) is 8.26. The van der Waals surface area contributed by atoms with Crippen molar-refractivity contribution in [1.82, 2.24) is 10.3 Å². The third-order valence-corrected chi connectivity index (χ3v) is 6.61. The van der Waals surface area contributed by atoms with E-state index in [1.165, 1.54) is 25.7 Å². The number of nitrogens with one attached hydrogen (secondary N) is 2. The smallest absolute Gasteiger partial charge is 0.292 e. The highest BCUT2D eigenvalue weighted by molar-refractivity contribution is 6.46. The topological polar surface area (TPSA) is 62.0 Å². The number of rotatable bonds is 5. The summed E-state index contributed by atoms with van der Waals surface area (Å²) in [6.45, 7) is 0.620. The molecule has 4 heteroatoms. The summed E-state index contributed by atoms with van der Waals surface area (Å²) in [5, 5.41) is 3.73. The van der Waals surface area contributed by atoms with Crippen LogP contribution in [0.4, 0.5) is 0 Å². The molecule has 0 unspecified atom stereocenters. The number of hydrogen-bond donors (Lipinski definition) is 2. The number of H-pyrrole nitrogens is 1. The van der Waals surface area contributed by atoms with Crippen LogP contribution < -0.4 is 5.32 Å². The molecule has 0 spiro atoms. The zero-order valence-corrected chi connectivity index (χ0v) is 15.8. The minimum Gasteiger partial charge on any atom is -0.354 e. The first-order valence-corrected chi connectivity index (χ1v) is 10.2. The number of aromatic nitrogens is 1. The minimum atomic E-state index is -0.496. The summed E-state index contributed by atoms with van der Waals surface area (Å²) in [5.41, 5.74) is 2.95. The first-order chi connectivity index (χ1) is 13.7. The maximum atomic E-state index is 13.1. The SMILES string of the molecule is O=C(NC[C@@H]1C[C@H]2CC[C@@H]1C2)C(=O)c1c(-c2ccccc2)[nH]c2ccccc12. The zero-order valence-electron chi connectivity index (χ0n) is 15.8. The maximum Gasteiger partial charge on any atom is 0.292 e. The summed E-state index contributed by atoms with van der Waals surface area (Å²) in [4.78, 5) is 29.2. The third-order valence-electron chi connectivity index (χ3n) is 6.61. The molecular formula is C24H24N2O2. The highest BCUT2D eigenvalue weighted by atomic mass is 16.2. The number of carbonyl (C=O) groups is 2. The van der Waals surface area contributed by atoms with Crippen LogP contribution in [0.1, 0.15) is 36.0 Å². The fourth-order valence-corrected chi connectivity index (χ4v) is 5.24. The lowest BCUT2D eigenvalue weighted by Crippen LogP contribution is -2.36. The number of ketones is 1. The van der Waals surface area contributed by atoms with E-state index in [1.807, 2.05) is 54.6 Å².